The van der Waals surface area contributed by atoms with E-state index < -0.39 is 0 Å². The minimum Gasteiger partial charge on any atom is -0.494 e. The van der Waals surface area contributed by atoms with Gasteiger partial charge in [-0.25, -0.2) is 15.0 Å². The lowest BCUT2D eigenvalue weighted by Crippen LogP contribution is -1.97. The summed E-state index contributed by atoms with van der Waals surface area (Å²) in [6.07, 6.45) is 23.4. The molecule has 0 unspecified atom stereocenters. The molecule has 3 heterocycles. The van der Waals surface area contributed by atoms with Crippen molar-refractivity contribution in [2.24, 2.45) is 15.0 Å². The largest absolute Gasteiger partial charge is 0.494 e. The van der Waals surface area contributed by atoms with Crippen LogP contribution in [0, 0.1) is 0 Å². The van der Waals surface area contributed by atoms with Gasteiger partial charge in [0.1, 0.15) is 32.3 Å². The van der Waals surface area contributed by atoms with Crippen molar-refractivity contribution in [3.05, 3.63) is 108 Å². The van der Waals surface area contributed by atoms with Crippen LogP contribution in [0.4, 0.5) is 15.4 Å². The van der Waals surface area contributed by atoms with Crippen molar-refractivity contribution in [1.82, 2.24) is 30.6 Å². The van der Waals surface area contributed by atoms with Crippen LogP contribution in [0.2, 0.25) is 0 Å². The van der Waals surface area contributed by atoms with E-state index >= 15 is 0 Å². The molecule has 3 aromatic heterocycles. The van der Waals surface area contributed by atoms with Gasteiger partial charge in [0.15, 0.2) is 0 Å². The van der Waals surface area contributed by atoms with Crippen molar-refractivity contribution in [2.75, 3.05) is 19.8 Å². The van der Waals surface area contributed by atoms with Gasteiger partial charge in [-0.1, -0.05) is 132 Å². The van der Waals surface area contributed by atoms with Gasteiger partial charge >= 0.3 is 0 Å². The SMILES string of the molecule is CCCCCCCOc1ccc(-c2nnc(/N=C/c3cc(/C=N/c4nnc(-c5ccc(OCCCCCCC)cc5)s4)cc(/C=N/c4nnc(-c5ccc(OCCCCCCC)cc5)s4)c3)s2)cc1. The molecule has 0 N–H and O–H groups in total. The summed E-state index contributed by atoms with van der Waals surface area (Å²) in [6, 6.07) is 30.0. The Hall–Kier alpha value is -6.03. The van der Waals surface area contributed by atoms with Crippen molar-refractivity contribution < 1.29 is 14.2 Å². The second-order valence-corrected chi connectivity index (χ2v) is 19.6. The molecule has 0 aliphatic heterocycles. The number of aromatic nitrogens is 6. The third kappa shape index (κ3) is 17.2. The molecular weight excluding hydrogens is 919 g/mol. The van der Waals surface area contributed by atoms with Crippen LogP contribution >= 0.6 is 34.0 Å². The average Bonchev–Trinajstić information content (AvgIpc) is 4.19. The van der Waals surface area contributed by atoms with E-state index in [1.807, 2.05) is 91.0 Å². The monoisotopic (exact) mass is 981 g/mol. The molecule has 0 aliphatic carbocycles. The van der Waals surface area contributed by atoms with Gasteiger partial charge < -0.3 is 14.2 Å². The molecule has 0 bridgehead atoms. The third-order valence-corrected chi connectivity index (χ3v) is 13.7. The Morgan fingerprint density at radius 2 is 0.638 bits per heavy atom. The van der Waals surface area contributed by atoms with Gasteiger partial charge in [0.25, 0.3) is 0 Å². The predicted molar refractivity (Wildman–Crippen MR) is 287 cm³/mol. The molecule has 0 saturated heterocycles. The van der Waals surface area contributed by atoms with Crippen molar-refractivity contribution in [3.8, 4) is 49.0 Å². The van der Waals surface area contributed by atoms with E-state index in [9.17, 15) is 0 Å². The molecule has 4 aromatic carbocycles. The lowest BCUT2D eigenvalue weighted by Gasteiger charge is -2.06. The molecule has 0 atom stereocenters. The van der Waals surface area contributed by atoms with Crippen LogP contribution in [-0.2, 0) is 0 Å². The average molecular weight is 982 g/mol. The molecule has 0 aliphatic rings. The third-order valence-electron chi connectivity index (χ3n) is 11.1. The summed E-state index contributed by atoms with van der Waals surface area (Å²) in [5.74, 6) is 2.57. The van der Waals surface area contributed by atoms with Crippen molar-refractivity contribution >= 4 is 68.0 Å². The summed E-state index contributed by atoms with van der Waals surface area (Å²) >= 11 is 4.27. The van der Waals surface area contributed by atoms with Crippen molar-refractivity contribution in [1.29, 1.82) is 0 Å². The van der Waals surface area contributed by atoms with E-state index in [-0.39, 0.29) is 0 Å². The highest BCUT2D eigenvalue weighted by Gasteiger charge is 2.10. The number of hydrogen-bond acceptors (Lipinski definition) is 15. The molecule has 0 spiro atoms. The van der Waals surface area contributed by atoms with Crippen molar-refractivity contribution in [2.45, 2.75) is 117 Å². The van der Waals surface area contributed by atoms with Gasteiger partial charge in [0, 0.05) is 35.3 Å². The number of hydrogen-bond donors (Lipinski definition) is 0. The molecule has 7 rings (SSSR count). The zero-order valence-corrected chi connectivity index (χ0v) is 42.5. The second-order valence-electron chi connectivity index (χ2n) is 16.7. The molecule has 12 nitrogen and oxygen atoms in total. The Labute approximate surface area is 419 Å². The summed E-state index contributed by atoms with van der Waals surface area (Å²) in [5, 5.41) is 30.4. The van der Waals surface area contributed by atoms with Crippen LogP contribution in [0.5, 0.6) is 17.2 Å². The van der Waals surface area contributed by atoms with Crippen LogP contribution in [0.3, 0.4) is 0 Å². The highest BCUT2D eigenvalue weighted by Crippen LogP contribution is 2.32. The normalized spacial score (nSPS) is 11.7. The first-order valence-corrected chi connectivity index (χ1v) is 27.0. The fraction of sp³-hybridized carbons (Fsp3) is 0.389. The minimum atomic E-state index is 0.540. The Morgan fingerprint density at radius 3 is 0.913 bits per heavy atom. The van der Waals surface area contributed by atoms with Crippen LogP contribution in [0.25, 0.3) is 31.7 Å². The lowest BCUT2D eigenvalue weighted by molar-refractivity contribution is 0.304. The summed E-state index contributed by atoms with van der Waals surface area (Å²) in [4.78, 5) is 14.2. The Morgan fingerprint density at radius 1 is 0.362 bits per heavy atom. The summed E-state index contributed by atoms with van der Waals surface area (Å²) in [6.45, 7) is 8.86. The van der Waals surface area contributed by atoms with Crippen LogP contribution < -0.4 is 14.2 Å². The number of nitrogens with zero attached hydrogens (tertiary/aromatic N) is 9. The predicted octanol–water partition coefficient (Wildman–Crippen LogP) is 15.5. The molecule has 0 saturated carbocycles. The number of rotatable bonds is 30. The van der Waals surface area contributed by atoms with E-state index in [4.69, 9.17) is 29.2 Å². The van der Waals surface area contributed by atoms with Gasteiger partial charge in [0.05, 0.1) is 19.8 Å². The Kier molecular flexibility index (Phi) is 21.0. The van der Waals surface area contributed by atoms with Gasteiger partial charge in [-0.3, -0.25) is 0 Å². The number of aliphatic imine (C=N–C) groups is 3. The summed E-state index contributed by atoms with van der Waals surface area (Å²) < 4.78 is 17.9. The number of ether oxygens (including phenoxy) is 3. The van der Waals surface area contributed by atoms with Crippen LogP contribution in [0.1, 0.15) is 134 Å². The minimum absolute atomic E-state index is 0.540. The van der Waals surface area contributed by atoms with Crippen LogP contribution in [0.15, 0.2) is 106 Å². The molecular formula is C54H63N9O3S3. The highest BCUT2D eigenvalue weighted by atomic mass is 32.1. The topological polar surface area (TPSA) is 142 Å². The van der Waals surface area contributed by atoms with Gasteiger partial charge in [-0.05, 0) is 127 Å². The smallest absolute Gasteiger partial charge is 0.231 e. The van der Waals surface area contributed by atoms with Crippen LogP contribution in [-0.4, -0.2) is 69.1 Å². The standard InChI is InChI=1S/C54H63N9O3S3/c1-4-7-10-13-16-31-64-46-25-19-43(20-26-46)49-58-61-52(67-49)55-37-40-34-41(38-56-53-62-59-50(68-53)44-21-27-47(28-22-44)65-32-17-14-11-8-5-2)36-42(35-40)39-57-54-63-60-51(69-54)45-23-29-48(30-24-45)66-33-18-15-12-9-6-3/h19-30,34-39H,4-18,31-33H2,1-3H3/b55-37+,56-38+,57-39+. The number of benzene rings is 4. The highest BCUT2D eigenvalue weighted by molar-refractivity contribution is 7.18. The van der Waals surface area contributed by atoms with E-state index in [2.05, 4.69) is 51.4 Å². The van der Waals surface area contributed by atoms with E-state index in [0.29, 0.717) is 15.4 Å². The van der Waals surface area contributed by atoms with Crippen molar-refractivity contribution in [3.63, 3.8) is 0 Å². The maximum absolute atomic E-state index is 5.97. The first-order valence-electron chi connectivity index (χ1n) is 24.5. The van der Waals surface area contributed by atoms with E-state index in [0.717, 1.165) is 105 Å². The maximum Gasteiger partial charge on any atom is 0.231 e. The van der Waals surface area contributed by atoms with E-state index in [1.165, 1.54) is 111 Å². The lowest BCUT2D eigenvalue weighted by atomic mass is 10.1. The molecule has 360 valence electrons. The molecule has 0 amide bonds. The molecule has 0 radical (unpaired) electrons. The zero-order chi connectivity index (χ0) is 47.7. The quantitative estimate of drug-likeness (QED) is 0.0318. The molecule has 0 fully saturated rings. The summed E-state index contributed by atoms with van der Waals surface area (Å²) in [7, 11) is 0. The summed E-state index contributed by atoms with van der Waals surface area (Å²) in [5.41, 5.74) is 5.38. The Balaban J connectivity index is 1.02. The van der Waals surface area contributed by atoms with Gasteiger partial charge in [-0.15, -0.1) is 30.6 Å². The Bertz CT molecular complexity index is 2360. The van der Waals surface area contributed by atoms with Gasteiger partial charge in [-0.2, -0.15) is 0 Å². The first-order chi connectivity index (χ1) is 34.0. The zero-order valence-electron chi connectivity index (χ0n) is 40.1. The molecule has 69 heavy (non-hydrogen) atoms. The van der Waals surface area contributed by atoms with Gasteiger partial charge in [0.2, 0.25) is 15.4 Å². The molecule has 15 heteroatoms. The van der Waals surface area contributed by atoms with E-state index in [1.54, 1.807) is 18.6 Å². The number of unbranched alkanes of at least 4 members (excludes halogenated alkanes) is 12. The maximum atomic E-state index is 5.97. The first kappa shape index (κ1) is 50.8. The molecule has 7 aromatic rings. The fourth-order valence-corrected chi connectivity index (χ4v) is 9.32. The second kappa shape index (κ2) is 28.5. The fourth-order valence-electron chi connectivity index (χ4n) is 7.24.